The molecule has 1 fully saturated rings. The molecule has 1 saturated heterocycles. The van der Waals surface area contributed by atoms with Crippen LogP contribution in [0.1, 0.15) is 29.6 Å². The minimum absolute atomic E-state index is 0.00968. The molecule has 1 aromatic rings. The van der Waals surface area contributed by atoms with Crippen molar-refractivity contribution in [3.63, 3.8) is 0 Å². The molecule has 0 bridgehead atoms. The summed E-state index contributed by atoms with van der Waals surface area (Å²) < 4.78 is 29.4. The molecule has 1 aromatic carbocycles. The van der Waals surface area contributed by atoms with E-state index in [0.717, 1.165) is 18.9 Å². The number of benzene rings is 1. The van der Waals surface area contributed by atoms with Gasteiger partial charge in [-0.3, -0.25) is 4.79 Å². The van der Waals surface area contributed by atoms with Crippen LogP contribution < -0.4 is 9.47 Å². The molecule has 0 amide bonds. The van der Waals surface area contributed by atoms with Crippen molar-refractivity contribution in [1.82, 2.24) is 0 Å². The van der Waals surface area contributed by atoms with Crippen LogP contribution in [0, 0.1) is 5.82 Å². The molecular weight excluding hydrogens is 251 g/mol. The Balaban J connectivity index is 2.30. The van der Waals surface area contributed by atoms with E-state index in [1.807, 2.05) is 0 Å². The van der Waals surface area contributed by atoms with E-state index in [9.17, 15) is 9.18 Å². The molecule has 2 rings (SSSR count). The van der Waals surface area contributed by atoms with Crippen LogP contribution in [0.15, 0.2) is 12.1 Å². The lowest BCUT2D eigenvalue weighted by molar-refractivity contribution is 0.0183. The van der Waals surface area contributed by atoms with Gasteiger partial charge < -0.3 is 14.2 Å². The third kappa shape index (κ3) is 2.87. The van der Waals surface area contributed by atoms with Crippen molar-refractivity contribution in [2.45, 2.75) is 25.4 Å². The van der Waals surface area contributed by atoms with Gasteiger partial charge in [-0.05, 0) is 25.3 Å². The van der Waals surface area contributed by atoms with Crippen LogP contribution in [0.5, 0.6) is 11.5 Å². The first-order chi connectivity index (χ1) is 9.17. The van der Waals surface area contributed by atoms with E-state index in [2.05, 4.69) is 0 Å². The fourth-order valence-corrected chi connectivity index (χ4v) is 2.16. The molecule has 0 N–H and O–H groups in total. The highest BCUT2D eigenvalue weighted by molar-refractivity contribution is 6.00. The summed E-state index contributed by atoms with van der Waals surface area (Å²) in [7, 11) is 2.87. The summed E-state index contributed by atoms with van der Waals surface area (Å²) in [6, 6.07) is 2.53. The lowest BCUT2D eigenvalue weighted by Crippen LogP contribution is -2.28. The molecule has 4 nitrogen and oxygen atoms in total. The first-order valence-corrected chi connectivity index (χ1v) is 6.24. The van der Waals surface area contributed by atoms with Crippen LogP contribution in [0.4, 0.5) is 4.39 Å². The standard InChI is InChI=1S/C14H17FO4/c1-17-12-7-9(10(15)8-13(12)18-2)14(16)11-5-3-4-6-19-11/h7-8,11H,3-6H2,1-2H3. The molecule has 1 heterocycles. The zero-order valence-corrected chi connectivity index (χ0v) is 11.1. The van der Waals surface area contributed by atoms with Gasteiger partial charge in [0.2, 0.25) is 0 Å². The van der Waals surface area contributed by atoms with E-state index in [-0.39, 0.29) is 17.1 Å². The monoisotopic (exact) mass is 268 g/mol. The van der Waals surface area contributed by atoms with E-state index in [1.54, 1.807) is 0 Å². The number of ether oxygens (including phenoxy) is 3. The maximum Gasteiger partial charge on any atom is 0.194 e. The third-order valence-electron chi connectivity index (χ3n) is 3.21. The second kappa shape index (κ2) is 6.02. The maximum absolute atomic E-state index is 13.9. The van der Waals surface area contributed by atoms with Crippen molar-refractivity contribution in [3.05, 3.63) is 23.5 Å². The van der Waals surface area contributed by atoms with Gasteiger partial charge >= 0.3 is 0 Å². The maximum atomic E-state index is 13.9. The van der Waals surface area contributed by atoms with Gasteiger partial charge in [0.25, 0.3) is 0 Å². The van der Waals surface area contributed by atoms with Crippen molar-refractivity contribution in [2.24, 2.45) is 0 Å². The molecule has 0 radical (unpaired) electrons. The molecule has 1 aliphatic heterocycles. The highest BCUT2D eigenvalue weighted by Crippen LogP contribution is 2.31. The number of ketones is 1. The summed E-state index contributed by atoms with van der Waals surface area (Å²) in [6.45, 7) is 0.547. The highest BCUT2D eigenvalue weighted by atomic mass is 19.1. The van der Waals surface area contributed by atoms with Gasteiger partial charge in [-0.25, -0.2) is 4.39 Å². The summed E-state index contributed by atoms with van der Waals surface area (Å²) in [6.07, 6.45) is 1.94. The largest absolute Gasteiger partial charge is 0.493 e. The summed E-state index contributed by atoms with van der Waals surface area (Å²) in [4.78, 5) is 12.2. The summed E-state index contributed by atoms with van der Waals surface area (Å²) in [5.41, 5.74) is -0.00968. The van der Waals surface area contributed by atoms with Gasteiger partial charge in [0.05, 0.1) is 19.8 Å². The summed E-state index contributed by atoms with van der Waals surface area (Å²) >= 11 is 0. The summed E-state index contributed by atoms with van der Waals surface area (Å²) in [5.74, 6) is -0.348. The zero-order valence-electron chi connectivity index (χ0n) is 11.1. The number of Topliss-reactive ketones (excluding diaryl/α,β-unsaturated/α-hetero) is 1. The van der Waals surface area contributed by atoms with Gasteiger partial charge in [-0.2, -0.15) is 0 Å². The fraction of sp³-hybridized carbons (Fsp3) is 0.500. The Morgan fingerprint density at radius 2 is 1.95 bits per heavy atom. The minimum Gasteiger partial charge on any atom is -0.493 e. The zero-order chi connectivity index (χ0) is 13.8. The molecule has 19 heavy (non-hydrogen) atoms. The van der Waals surface area contributed by atoms with Crippen LogP contribution in [-0.2, 0) is 4.74 Å². The topological polar surface area (TPSA) is 44.8 Å². The first kappa shape index (κ1) is 13.8. The number of hydrogen-bond donors (Lipinski definition) is 0. The average Bonchev–Trinajstić information content (AvgIpc) is 2.47. The van der Waals surface area contributed by atoms with E-state index < -0.39 is 11.9 Å². The van der Waals surface area contributed by atoms with Crippen molar-refractivity contribution < 1.29 is 23.4 Å². The SMILES string of the molecule is COc1cc(F)c(C(=O)C2CCCCO2)cc1OC. The van der Waals surface area contributed by atoms with E-state index in [0.29, 0.717) is 18.8 Å². The Kier molecular flexibility index (Phi) is 4.37. The molecule has 1 atom stereocenters. The number of hydrogen-bond acceptors (Lipinski definition) is 4. The molecule has 0 aliphatic carbocycles. The first-order valence-electron chi connectivity index (χ1n) is 6.24. The van der Waals surface area contributed by atoms with E-state index >= 15 is 0 Å². The molecule has 0 saturated carbocycles. The van der Waals surface area contributed by atoms with E-state index in [1.165, 1.54) is 20.3 Å². The lowest BCUT2D eigenvalue weighted by atomic mass is 9.99. The smallest absolute Gasteiger partial charge is 0.194 e. The summed E-state index contributed by atoms with van der Waals surface area (Å²) in [5, 5.41) is 0. The number of carbonyl (C=O) groups excluding carboxylic acids is 1. The quantitative estimate of drug-likeness (QED) is 0.787. The van der Waals surface area contributed by atoms with Crippen molar-refractivity contribution >= 4 is 5.78 Å². The lowest BCUT2D eigenvalue weighted by Gasteiger charge is -2.21. The van der Waals surface area contributed by atoms with Crippen molar-refractivity contribution in [1.29, 1.82) is 0 Å². The second-order valence-corrected chi connectivity index (χ2v) is 4.41. The van der Waals surface area contributed by atoms with Crippen LogP contribution in [0.2, 0.25) is 0 Å². The molecular formula is C14H17FO4. The molecule has 104 valence electrons. The van der Waals surface area contributed by atoms with Gasteiger partial charge in [0.15, 0.2) is 17.3 Å². The van der Waals surface area contributed by atoms with Gasteiger partial charge in [0, 0.05) is 12.7 Å². The molecule has 0 aromatic heterocycles. The predicted molar refractivity (Wildman–Crippen MR) is 67.4 cm³/mol. The molecule has 1 unspecified atom stereocenters. The molecule has 1 aliphatic rings. The third-order valence-corrected chi connectivity index (χ3v) is 3.21. The van der Waals surface area contributed by atoms with Crippen LogP contribution in [0.25, 0.3) is 0 Å². The van der Waals surface area contributed by atoms with Gasteiger partial charge in [-0.15, -0.1) is 0 Å². The number of carbonyl (C=O) groups is 1. The predicted octanol–water partition coefficient (Wildman–Crippen LogP) is 2.59. The molecule has 5 heteroatoms. The highest BCUT2D eigenvalue weighted by Gasteiger charge is 2.26. The van der Waals surface area contributed by atoms with Crippen LogP contribution in [0.3, 0.4) is 0 Å². The van der Waals surface area contributed by atoms with E-state index in [4.69, 9.17) is 14.2 Å². The number of halogens is 1. The Morgan fingerprint density at radius 3 is 2.53 bits per heavy atom. The van der Waals surface area contributed by atoms with Crippen LogP contribution >= 0.6 is 0 Å². The van der Waals surface area contributed by atoms with Gasteiger partial charge in [-0.1, -0.05) is 0 Å². The second-order valence-electron chi connectivity index (χ2n) is 4.41. The Labute approximate surface area is 111 Å². The van der Waals surface area contributed by atoms with Crippen LogP contribution in [-0.4, -0.2) is 32.7 Å². The van der Waals surface area contributed by atoms with Gasteiger partial charge in [0.1, 0.15) is 11.9 Å². The Bertz CT molecular complexity index is 467. The Hall–Kier alpha value is -1.62. The Morgan fingerprint density at radius 1 is 1.26 bits per heavy atom. The normalized spacial score (nSPS) is 19.0. The number of rotatable bonds is 4. The average molecular weight is 268 g/mol. The minimum atomic E-state index is -0.614. The number of methoxy groups -OCH3 is 2. The fourth-order valence-electron chi connectivity index (χ4n) is 2.16. The van der Waals surface area contributed by atoms with Crippen molar-refractivity contribution in [3.8, 4) is 11.5 Å². The van der Waals surface area contributed by atoms with Crippen molar-refractivity contribution in [2.75, 3.05) is 20.8 Å². The molecule has 0 spiro atoms.